The molecule has 0 saturated carbocycles. The van der Waals surface area contributed by atoms with Gasteiger partial charge in [-0.05, 0) is 67.2 Å². The first-order valence-electron chi connectivity index (χ1n) is 13.6. The number of pyridine rings is 1. The molecule has 0 aliphatic carbocycles. The summed E-state index contributed by atoms with van der Waals surface area (Å²) in [6.07, 6.45) is 1.04. The number of urea groups is 1. The number of aromatic nitrogens is 3. The van der Waals surface area contributed by atoms with E-state index in [4.69, 9.17) is 0 Å². The number of anilines is 1. The predicted octanol–water partition coefficient (Wildman–Crippen LogP) is 5.81. The molecule has 2 amide bonds. The van der Waals surface area contributed by atoms with Crippen molar-refractivity contribution in [1.82, 2.24) is 30.3 Å². The number of nitrogens with one attached hydrogen (secondary N) is 3. The second-order valence-corrected chi connectivity index (χ2v) is 11.3. The number of amides is 2. The van der Waals surface area contributed by atoms with E-state index in [1.165, 1.54) is 12.1 Å². The maximum Gasteiger partial charge on any atom is 0.416 e. The molecule has 0 radical (unpaired) electrons. The summed E-state index contributed by atoms with van der Waals surface area (Å²) in [5, 5.41) is 13.7. The normalized spacial score (nSPS) is 15.0. The summed E-state index contributed by atoms with van der Waals surface area (Å²) in [5.41, 5.74) is 2.14. The lowest BCUT2D eigenvalue weighted by Crippen LogP contribution is -2.44. The zero-order chi connectivity index (χ0) is 29.5. The van der Waals surface area contributed by atoms with Crippen molar-refractivity contribution < 1.29 is 18.0 Å². The molecule has 0 unspecified atom stereocenters. The van der Waals surface area contributed by atoms with Gasteiger partial charge in [-0.2, -0.15) is 18.3 Å². The summed E-state index contributed by atoms with van der Waals surface area (Å²) in [6.45, 7) is 3.64. The van der Waals surface area contributed by atoms with Gasteiger partial charge in [0.2, 0.25) is 0 Å². The molecule has 4 aromatic rings. The molecule has 3 heterocycles. The molecule has 42 heavy (non-hydrogen) atoms. The van der Waals surface area contributed by atoms with Crippen LogP contribution in [0.1, 0.15) is 22.5 Å². The smallest absolute Gasteiger partial charge is 0.337 e. The minimum absolute atomic E-state index is 0.104. The molecule has 2 aromatic carbocycles. The Morgan fingerprint density at radius 2 is 1.90 bits per heavy atom. The molecule has 2 aromatic heterocycles. The Balaban J connectivity index is 1.11. The number of H-pyrrole nitrogens is 1. The first-order chi connectivity index (χ1) is 20.2. The average molecular weight is 596 g/mol. The van der Waals surface area contributed by atoms with Crippen molar-refractivity contribution in [3.8, 4) is 0 Å². The van der Waals surface area contributed by atoms with Crippen LogP contribution < -0.4 is 10.6 Å². The van der Waals surface area contributed by atoms with Crippen molar-refractivity contribution in [3.63, 3.8) is 0 Å². The predicted molar refractivity (Wildman–Crippen MR) is 161 cm³/mol. The minimum Gasteiger partial charge on any atom is -0.337 e. The summed E-state index contributed by atoms with van der Waals surface area (Å²) >= 11 is 1.55. The number of benzene rings is 2. The highest BCUT2D eigenvalue weighted by Gasteiger charge is 2.34. The molecule has 3 N–H and O–H groups in total. The minimum atomic E-state index is -4.52. The van der Waals surface area contributed by atoms with Crippen molar-refractivity contribution in [1.29, 1.82) is 0 Å². The lowest BCUT2D eigenvalue weighted by atomic mass is 10.0. The molecule has 8 nitrogen and oxygen atoms in total. The standard InChI is InChI=1S/C30H32F3N7OS/c1-39-13-15-40(16-14-39)20-21-5-6-23(18-26(21)30(31,32)33)36-29(41)35-12-17-42-24-8-9-25-27(37-38-28(25)19-24)10-7-22-4-2-3-11-34-22/h2-11,18-19H,12-17,20H2,1H3,(H,37,38)(H2,35,36,41)/b10-7+. The van der Waals surface area contributed by atoms with Gasteiger partial charge in [0.15, 0.2) is 0 Å². The number of piperazine rings is 1. The Hall–Kier alpha value is -3.87. The van der Waals surface area contributed by atoms with E-state index < -0.39 is 17.8 Å². The molecule has 0 atom stereocenters. The van der Waals surface area contributed by atoms with Gasteiger partial charge in [-0.25, -0.2) is 4.79 Å². The van der Waals surface area contributed by atoms with Gasteiger partial charge in [0.05, 0.1) is 22.5 Å². The Kier molecular flexibility index (Phi) is 9.45. The first kappa shape index (κ1) is 29.6. The first-order valence-corrected chi connectivity index (χ1v) is 14.6. The fraction of sp³-hybridized carbons (Fsp3) is 0.300. The molecular weight excluding hydrogens is 563 g/mol. The van der Waals surface area contributed by atoms with Crippen LogP contribution in [0.4, 0.5) is 23.7 Å². The van der Waals surface area contributed by atoms with Gasteiger partial charge in [0, 0.05) is 67.2 Å². The van der Waals surface area contributed by atoms with Crippen LogP contribution in [0, 0.1) is 0 Å². The van der Waals surface area contributed by atoms with Crippen LogP contribution in [0.25, 0.3) is 23.1 Å². The Morgan fingerprint density at radius 3 is 2.67 bits per heavy atom. The summed E-state index contributed by atoms with van der Waals surface area (Å²) in [5.74, 6) is 0.581. The summed E-state index contributed by atoms with van der Waals surface area (Å²) in [6, 6.07) is 15.1. The SMILES string of the molecule is CN1CCN(Cc2ccc(NC(=O)NCCSc3ccc4c(/C=C/c5ccccn5)n[nH]c4c3)cc2C(F)(F)F)CC1. The number of hydrogen-bond acceptors (Lipinski definition) is 6. The number of alkyl halides is 3. The van der Waals surface area contributed by atoms with Crippen LogP contribution in [0.15, 0.2) is 65.7 Å². The lowest BCUT2D eigenvalue weighted by Gasteiger charge is -2.33. The maximum atomic E-state index is 13.8. The van der Waals surface area contributed by atoms with Gasteiger partial charge in [0.25, 0.3) is 0 Å². The summed E-state index contributed by atoms with van der Waals surface area (Å²) < 4.78 is 41.5. The van der Waals surface area contributed by atoms with E-state index >= 15 is 0 Å². The average Bonchev–Trinajstić information content (AvgIpc) is 3.38. The third-order valence-corrected chi connectivity index (χ3v) is 7.98. The summed E-state index contributed by atoms with van der Waals surface area (Å²) in [4.78, 5) is 21.9. The van der Waals surface area contributed by atoms with Crippen molar-refractivity contribution in [3.05, 3.63) is 83.3 Å². The quantitative estimate of drug-likeness (QED) is 0.167. The van der Waals surface area contributed by atoms with Gasteiger partial charge in [-0.3, -0.25) is 15.0 Å². The topological polar surface area (TPSA) is 89.2 Å². The Bertz CT molecular complexity index is 1530. The zero-order valence-electron chi connectivity index (χ0n) is 23.1. The van der Waals surface area contributed by atoms with Crippen LogP contribution in [-0.2, 0) is 12.7 Å². The van der Waals surface area contributed by atoms with Gasteiger partial charge in [0.1, 0.15) is 0 Å². The summed E-state index contributed by atoms with van der Waals surface area (Å²) in [7, 11) is 2.00. The number of carbonyl (C=O) groups is 1. The number of rotatable bonds is 9. The highest BCUT2D eigenvalue weighted by Crippen LogP contribution is 2.34. The highest BCUT2D eigenvalue weighted by atomic mass is 32.2. The fourth-order valence-corrected chi connectivity index (χ4v) is 5.49. The molecule has 1 saturated heterocycles. The van der Waals surface area contributed by atoms with E-state index in [2.05, 4.69) is 30.7 Å². The molecular formula is C30H32F3N7OS. The third-order valence-electron chi connectivity index (χ3n) is 6.98. The van der Waals surface area contributed by atoms with E-state index in [1.807, 2.05) is 60.5 Å². The number of thioether (sulfide) groups is 1. The monoisotopic (exact) mass is 595 g/mol. The molecule has 220 valence electrons. The zero-order valence-corrected chi connectivity index (χ0v) is 23.9. The third kappa shape index (κ3) is 7.90. The molecule has 5 rings (SSSR count). The van der Waals surface area contributed by atoms with E-state index in [9.17, 15) is 18.0 Å². The van der Waals surface area contributed by atoms with Gasteiger partial charge < -0.3 is 15.5 Å². The van der Waals surface area contributed by atoms with Crippen molar-refractivity contribution in [2.24, 2.45) is 0 Å². The van der Waals surface area contributed by atoms with E-state index in [0.717, 1.165) is 59.4 Å². The molecule has 1 fully saturated rings. The number of carbonyl (C=O) groups excluding carboxylic acids is 1. The van der Waals surface area contributed by atoms with E-state index in [1.54, 1.807) is 18.0 Å². The van der Waals surface area contributed by atoms with E-state index in [-0.39, 0.29) is 17.8 Å². The molecule has 1 aliphatic rings. The van der Waals surface area contributed by atoms with Crippen LogP contribution in [-0.4, -0.2) is 76.5 Å². The second kappa shape index (κ2) is 13.4. The fourth-order valence-electron chi connectivity index (χ4n) is 4.69. The number of likely N-dealkylation sites (N-methyl/N-ethyl adjacent to an activating group) is 1. The molecule has 0 spiro atoms. The van der Waals surface area contributed by atoms with Crippen LogP contribution >= 0.6 is 11.8 Å². The van der Waals surface area contributed by atoms with Gasteiger partial charge in [-0.15, -0.1) is 11.8 Å². The van der Waals surface area contributed by atoms with Gasteiger partial charge in [-0.1, -0.05) is 12.1 Å². The van der Waals surface area contributed by atoms with Crippen molar-refractivity contribution >= 4 is 46.5 Å². The second-order valence-electron chi connectivity index (χ2n) is 10.1. The number of hydrogen-bond donors (Lipinski definition) is 3. The highest BCUT2D eigenvalue weighted by molar-refractivity contribution is 7.99. The molecule has 0 bridgehead atoms. The number of aromatic amines is 1. The molecule has 12 heteroatoms. The Labute approximate surface area is 246 Å². The van der Waals surface area contributed by atoms with Crippen LogP contribution in [0.3, 0.4) is 0 Å². The largest absolute Gasteiger partial charge is 0.416 e. The van der Waals surface area contributed by atoms with Gasteiger partial charge >= 0.3 is 12.2 Å². The number of nitrogens with zero attached hydrogens (tertiary/aromatic N) is 4. The molecule has 1 aliphatic heterocycles. The van der Waals surface area contributed by atoms with Crippen LogP contribution in [0.5, 0.6) is 0 Å². The number of fused-ring (bicyclic) bond motifs is 1. The van der Waals surface area contributed by atoms with Crippen molar-refractivity contribution in [2.75, 3.05) is 50.8 Å². The van der Waals surface area contributed by atoms with Crippen molar-refractivity contribution in [2.45, 2.75) is 17.6 Å². The van der Waals surface area contributed by atoms with Crippen LogP contribution in [0.2, 0.25) is 0 Å². The van der Waals surface area contributed by atoms with E-state index in [0.29, 0.717) is 12.3 Å². The number of halogens is 3. The lowest BCUT2D eigenvalue weighted by molar-refractivity contribution is -0.138. The Morgan fingerprint density at radius 1 is 1.07 bits per heavy atom. The maximum absolute atomic E-state index is 13.8.